The van der Waals surface area contributed by atoms with Crippen LogP contribution in [0, 0.1) is 5.41 Å². The molecular formula is C19H20Cl2N4O3. The predicted molar refractivity (Wildman–Crippen MR) is 110 cm³/mol. The molecule has 0 heterocycles. The molecule has 0 spiro atoms. The van der Waals surface area contributed by atoms with Gasteiger partial charge in [-0.15, -0.1) is 0 Å². The smallest absolute Gasteiger partial charge is 0.319 e. The van der Waals surface area contributed by atoms with E-state index in [4.69, 9.17) is 33.7 Å². The van der Waals surface area contributed by atoms with E-state index in [-0.39, 0.29) is 12.3 Å². The molecule has 5 N–H and O–H groups in total. The quantitative estimate of drug-likeness (QED) is 0.348. The SMILES string of the molecule is N=C(CC(Cc1ccc(Cl)cc1)NC(=O)Nc1ccc(Cl)cc1)NC(=O)CO. The van der Waals surface area contributed by atoms with E-state index in [1.807, 2.05) is 12.1 Å². The monoisotopic (exact) mass is 422 g/mol. The van der Waals surface area contributed by atoms with Crippen molar-refractivity contribution >= 4 is 46.7 Å². The molecule has 28 heavy (non-hydrogen) atoms. The molecule has 0 aliphatic heterocycles. The molecule has 2 aromatic rings. The number of amides is 3. The van der Waals surface area contributed by atoms with Crippen LogP contribution >= 0.6 is 23.2 Å². The van der Waals surface area contributed by atoms with Gasteiger partial charge in [0.05, 0.1) is 0 Å². The van der Waals surface area contributed by atoms with Crippen molar-refractivity contribution in [1.29, 1.82) is 5.41 Å². The lowest BCUT2D eigenvalue weighted by Gasteiger charge is -2.20. The van der Waals surface area contributed by atoms with Crippen LogP contribution in [0.25, 0.3) is 0 Å². The molecule has 0 bridgehead atoms. The van der Waals surface area contributed by atoms with Gasteiger partial charge >= 0.3 is 6.03 Å². The molecule has 0 radical (unpaired) electrons. The molecule has 0 saturated carbocycles. The molecule has 3 amide bonds. The van der Waals surface area contributed by atoms with Crippen LogP contribution in [-0.4, -0.2) is 35.5 Å². The summed E-state index contributed by atoms with van der Waals surface area (Å²) in [6.07, 6.45) is 0.491. The van der Waals surface area contributed by atoms with Crippen molar-refractivity contribution < 1.29 is 14.7 Å². The van der Waals surface area contributed by atoms with Gasteiger partial charge in [-0.2, -0.15) is 0 Å². The fourth-order valence-corrected chi connectivity index (χ4v) is 2.72. The number of hydrogen-bond donors (Lipinski definition) is 5. The third kappa shape index (κ3) is 7.56. The van der Waals surface area contributed by atoms with Crippen LogP contribution in [0.4, 0.5) is 10.5 Å². The highest BCUT2D eigenvalue weighted by Gasteiger charge is 2.17. The van der Waals surface area contributed by atoms with Gasteiger partial charge in [-0.25, -0.2) is 4.79 Å². The summed E-state index contributed by atoms with van der Waals surface area (Å²) < 4.78 is 0. The second-order valence-corrected chi connectivity index (χ2v) is 6.89. The third-order valence-electron chi connectivity index (χ3n) is 3.72. The number of nitrogens with one attached hydrogen (secondary N) is 4. The largest absolute Gasteiger partial charge is 0.387 e. The Morgan fingerprint density at radius 3 is 2.14 bits per heavy atom. The molecule has 1 atom stereocenters. The van der Waals surface area contributed by atoms with Crippen LogP contribution in [0.5, 0.6) is 0 Å². The summed E-state index contributed by atoms with van der Waals surface area (Å²) in [6, 6.07) is 12.8. The molecule has 148 valence electrons. The molecule has 0 aromatic heterocycles. The topological polar surface area (TPSA) is 114 Å². The van der Waals surface area contributed by atoms with Crippen LogP contribution in [0.1, 0.15) is 12.0 Å². The summed E-state index contributed by atoms with van der Waals surface area (Å²) in [5, 5.41) is 25.6. The number of hydrogen-bond acceptors (Lipinski definition) is 4. The van der Waals surface area contributed by atoms with Gasteiger partial charge in [0.25, 0.3) is 5.91 Å². The third-order valence-corrected chi connectivity index (χ3v) is 4.22. The zero-order valence-electron chi connectivity index (χ0n) is 14.8. The predicted octanol–water partition coefficient (Wildman–Crippen LogP) is 3.20. The maximum atomic E-state index is 12.3. The summed E-state index contributed by atoms with van der Waals surface area (Å²) >= 11 is 11.7. The number of carbonyl (C=O) groups is 2. The fraction of sp³-hybridized carbons (Fsp3) is 0.211. The maximum absolute atomic E-state index is 12.3. The van der Waals surface area contributed by atoms with Crippen LogP contribution in [0.15, 0.2) is 48.5 Å². The molecule has 7 nitrogen and oxygen atoms in total. The lowest BCUT2D eigenvalue weighted by molar-refractivity contribution is -0.122. The van der Waals surface area contributed by atoms with E-state index in [0.29, 0.717) is 22.2 Å². The van der Waals surface area contributed by atoms with Gasteiger partial charge in [0, 0.05) is 28.2 Å². The minimum Gasteiger partial charge on any atom is -0.387 e. The first-order valence-corrected chi connectivity index (χ1v) is 9.17. The summed E-state index contributed by atoms with van der Waals surface area (Å²) in [5.74, 6) is -0.786. The molecule has 0 aliphatic rings. The van der Waals surface area contributed by atoms with Crippen molar-refractivity contribution in [3.05, 3.63) is 64.1 Å². The van der Waals surface area contributed by atoms with Gasteiger partial charge < -0.3 is 21.1 Å². The van der Waals surface area contributed by atoms with Crippen molar-refractivity contribution in [3.63, 3.8) is 0 Å². The number of urea groups is 1. The molecular weight excluding hydrogens is 403 g/mol. The van der Waals surface area contributed by atoms with Crippen LogP contribution in [0.3, 0.4) is 0 Å². The Hall–Kier alpha value is -2.61. The Labute approximate surface area is 172 Å². The normalized spacial score (nSPS) is 11.4. The highest BCUT2D eigenvalue weighted by Crippen LogP contribution is 2.14. The average molecular weight is 423 g/mol. The van der Waals surface area contributed by atoms with Crippen molar-refractivity contribution in [2.45, 2.75) is 18.9 Å². The molecule has 2 aromatic carbocycles. The van der Waals surface area contributed by atoms with E-state index in [1.54, 1.807) is 36.4 Å². The lowest BCUT2D eigenvalue weighted by atomic mass is 10.0. The summed E-state index contributed by atoms with van der Waals surface area (Å²) in [7, 11) is 0. The van der Waals surface area contributed by atoms with Crippen LogP contribution < -0.4 is 16.0 Å². The Bertz CT molecular complexity index is 826. The highest BCUT2D eigenvalue weighted by atomic mass is 35.5. The first kappa shape index (κ1) is 21.7. The molecule has 0 saturated heterocycles. The van der Waals surface area contributed by atoms with Gasteiger partial charge in [0.15, 0.2) is 0 Å². The molecule has 9 heteroatoms. The number of carbonyl (C=O) groups excluding carboxylic acids is 2. The van der Waals surface area contributed by atoms with Gasteiger partial charge in [0.2, 0.25) is 0 Å². The lowest BCUT2D eigenvalue weighted by Crippen LogP contribution is -2.43. The maximum Gasteiger partial charge on any atom is 0.319 e. The molecule has 0 aliphatic carbocycles. The zero-order chi connectivity index (χ0) is 20.5. The molecule has 2 rings (SSSR count). The van der Waals surface area contributed by atoms with Crippen LogP contribution in [0.2, 0.25) is 10.0 Å². The summed E-state index contributed by atoms with van der Waals surface area (Å²) in [4.78, 5) is 23.6. The van der Waals surface area contributed by atoms with E-state index >= 15 is 0 Å². The first-order chi connectivity index (χ1) is 13.4. The number of anilines is 1. The number of rotatable bonds is 7. The van der Waals surface area contributed by atoms with Crippen molar-refractivity contribution in [2.75, 3.05) is 11.9 Å². The van der Waals surface area contributed by atoms with E-state index in [2.05, 4.69) is 16.0 Å². The zero-order valence-corrected chi connectivity index (χ0v) is 16.3. The van der Waals surface area contributed by atoms with Gasteiger partial charge in [-0.05, 0) is 48.4 Å². The van der Waals surface area contributed by atoms with E-state index in [9.17, 15) is 9.59 Å². The van der Waals surface area contributed by atoms with Crippen molar-refractivity contribution in [1.82, 2.24) is 10.6 Å². The van der Waals surface area contributed by atoms with Gasteiger partial charge in [0.1, 0.15) is 12.4 Å². The molecule has 1 unspecified atom stereocenters. The van der Waals surface area contributed by atoms with Gasteiger partial charge in [-0.3, -0.25) is 10.2 Å². The minimum atomic E-state index is -0.714. The number of halogens is 2. The Balaban J connectivity index is 2.04. The minimum absolute atomic E-state index is 0.0718. The fourth-order valence-electron chi connectivity index (χ4n) is 2.47. The van der Waals surface area contributed by atoms with Crippen molar-refractivity contribution in [2.24, 2.45) is 0 Å². The number of aliphatic hydroxyl groups is 1. The van der Waals surface area contributed by atoms with Crippen LogP contribution in [-0.2, 0) is 11.2 Å². The summed E-state index contributed by atoms with van der Waals surface area (Å²) in [6.45, 7) is -0.714. The van der Waals surface area contributed by atoms with Crippen molar-refractivity contribution in [3.8, 4) is 0 Å². The highest BCUT2D eigenvalue weighted by molar-refractivity contribution is 6.30. The van der Waals surface area contributed by atoms with Gasteiger partial charge in [-0.1, -0.05) is 35.3 Å². The Kier molecular flexibility index (Phi) is 8.25. The standard InChI is InChI=1S/C19H20Cl2N4O3/c20-13-3-1-12(2-4-13)9-16(10-17(22)25-18(27)11-26)24-19(28)23-15-7-5-14(21)6-8-15/h1-8,16,26H,9-11H2,(H2,22,25,27)(H2,23,24,28). The number of amidine groups is 1. The van der Waals surface area contributed by atoms with E-state index in [0.717, 1.165) is 5.56 Å². The molecule has 0 fully saturated rings. The number of aliphatic hydroxyl groups excluding tert-OH is 1. The average Bonchev–Trinajstić information content (AvgIpc) is 2.65. The second-order valence-electron chi connectivity index (χ2n) is 6.02. The van der Waals surface area contributed by atoms with E-state index in [1.165, 1.54) is 0 Å². The summed E-state index contributed by atoms with van der Waals surface area (Å²) in [5.41, 5.74) is 1.47. The Morgan fingerprint density at radius 2 is 1.57 bits per heavy atom. The first-order valence-electron chi connectivity index (χ1n) is 8.41. The number of benzene rings is 2. The van der Waals surface area contributed by atoms with E-state index < -0.39 is 24.6 Å². The second kappa shape index (κ2) is 10.7. The Morgan fingerprint density at radius 1 is 1.00 bits per heavy atom.